The van der Waals surface area contributed by atoms with Crippen LogP contribution in [0, 0.1) is 6.92 Å². The van der Waals surface area contributed by atoms with Gasteiger partial charge in [-0.05, 0) is 30.5 Å². The Balaban J connectivity index is 1.54. The molecule has 28 heavy (non-hydrogen) atoms. The highest BCUT2D eigenvalue weighted by Crippen LogP contribution is 2.16. The summed E-state index contributed by atoms with van der Waals surface area (Å²) < 4.78 is 0. The molecule has 5 heteroatoms. The first-order chi connectivity index (χ1) is 13.6. The topological polar surface area (TPSA) is 53.0 Å². The average Bonchev–Trinajstić information content (AvgIpc) is 3.22. The second-order valence-corrected chi connectivity index (χ2v) is 7.01. The van der Waals surface area contributed by atoms with Gasteiger partial charge in [0.05, 0.1) is 12.3 Å². The molecule has 2 amide bonds. The molecule has 3 rings (SSSR count). The minimum Gasteiger partial charge on any atom is -0.339 e. The van der Waals surface area contributed by atoms with E-state index in [4.69, 9.17) is 0 Å². The predicted octanol–water partition coefficient (Wildman–Crippen LogP) is 3.76. The standard InChI is InChI=1S/C23H27N3O2/c1-3-25(17-20-12-8-7-9-18(20)2)22(27)13-14-23(28)26-16-15-21(24-26)19-10-5-4-6-11-19/h4-12H,3,13-17H2,1-2H3. The first kappa shape index (κ1) is 19.8. The van der Waals surface area contributed by atoms with Crippen molar-refractivity contribution in [2.45, 2.75) is 39.7 Å². The Morgan fingerprint density at radius 2 is 1.75 bits per heavy atom. The van der Waals surface area contributed by atoms with Crippen LogP contribution in [-0.2, 0) is 16.1 Å². The number of hydrogen-bond donors (Lipinski definition) is 0. The Morgan fingerprint density at radius 1 is 1.04 bits per heavy atom. The van der Waals surface area contributed by atoms with E-state index in [9.17, 15) is 9.59 Å². The molecule has 0 atom stereocenters. The summed E-state index contributed by atoms with van der Waals surface area (Å²) in [4.78, 5) is 26.9. The number of hydrazone groups is 1. The number of amides is 2. The van der Waals surface area contributed by atoms with E-state index in [1.807, 2.05) is 68.4 Å². The van der Waals surface area contributed by atoms with Crippen LogP contribution in [0.15, 0.2) is 59.7 Å². The SMILES string of the molecule is CCN(Cc1ccccc1C)C(=O)CCC(=O)N1CCC(c2ccccc2)=N1. The van der Waals surface area contributed by atoms with Gasteiger partial charge in [-0.15, -0.1) is 0 Å². The summed E-state index contributed by atoms with van der Waals surface area (Å²) in [7, 11) is 0. The maximum absolute atomic E-state index is 12.6. The summed E-state index contributed by atoms with van der Waals surface area (Å²) in [5.74, 6) is -0.0863. The summed E-state index contributed by atoms with van der Waals surface area (Å²) in [6.07, 6.45) is 1.15. The lowest BCUT2D eigenvalue weighted by Crippen LogP contribution is -2.32. The number of benzene rings is 2. The number of nitrogens with zero attached hydrogens (tertiary/aromatic N) is 3. The molecule has 0 aliphatic carbocycles. The van der Waals surface area contributed by atoms with Crippen LogP contribution in [-0.4, -0.2) is 40.5 Å². The van der Waals surface area contributed by atoms with Crippen molar-refractivity contribution in [2.24, 2.45) is 5.10 Å². The largest absolute Gasteiger partial charge is 0.339 e. The highest BCUT2D eigenvalue weighted by Gasteiger charge is 2.23. The third-order valence-corrected chi connectivity index (χ3v) is 5.11. The van der Waals surface area contributed by atoms with E-state index in [0.717, 1.165) is 23.3 Å². The highest BCUT2D eigenvalue weighted by molar-refractivity contribution is 6.02. The molecule has 2 aromatic carbocycles. The molecule has 0 bridgehead atoms. The van der Waals surface area contributed by atoms with Crippen LogP contribution in [0.3, 0.4) is 0 Å². The zero-order valence-corrected chi connectivity index (χ0v) is 16.6. The van der Waals surface area contributed by atoms with Crippen LogP contribution in [0.2, 0.25) is 0 Å². The molecule has 0 unspecified atom stereocenters. The molecule has 1 heterocycles. The van der Waals surface area contributed by atoms with Crippen molar-refractivity contribution < 1.29 is 9.59 Å². The Hall–Kier alpha value is -2.95. The Kier molecular flexibility index (Phi) is 6.58. The van der Waals surface area contributed by atoms with E-state index in [1.54, 1.807) is 4.90 Å². The number of hydrogen-bond acceptors (Lipinski definition) is 3. The maximum atomic E-state index is 12.6. The van der Waals surface area contributed by atoms with Crippen molar-refractivity contribution >= 4 is 17.5 Å². The van der Waals surface area contributed by atoms with E-state index in [-0.39, 0.29) is 24.7 Å². The molecule has 0 saturated carbocycles. The third kappa shape index (κ3) is 4.85. The molecule has 1 aliphatic rings. The van der Waals surface area contributed by atoms with Crippen LogP contribution < -0.4 is 0 Å². The maximum Gasteiger partial charge on any atom is 0.243 e. The monoisotopic (exact) mass is 377 g/mol. The van der Waals surface area contributed by atoms with Crippen LogP contribution in [0.4, 0.5) is 0 Å². The van der Waals surface area contributed by atoms with Crippen LogP contribution in [0.25, 0.3) is 0 Å². The smallest absolute Gasteiger partial charge is 0.243 e. The fourth-order valence-corrected chi connectivity index (χ4v) is 3.34. The first-order valence-electron chi connectivity index (χ1n) is 9.84. The molecule has 0 spiro atoms. The minimum absolute atomic E-state index is 0.00515. The zero-order valence-electron chi connectivity index (χ0n) is 16.6. The van der Waals surface area contributed by atoms with Crippen molar-refractivity contribution in [2.75, 3.05) is 13.1 Å². The van der Waals surface area contributed by atoms with Crippen LogP contribution >= 0.6 is 0 Å². The van der Waals surface area contributed by atoms with Crippen molar-refractivity contribution in [1.29, 1.82) is 0 Å². The van der Waals surface area contributed by atoms with Gasteiger partial charge < -0.3 is 4.90 Å². The van der Waals surface area contributed by atoms with E-state index < -0.39 is 0 Å². The summed E-state index contributed by atoms with van der Waals surface area (Å²) in [5, 5.41) is 5.96. The van der Waals surface area contributed by atoms with Crippen molar-refractivity contribution in [1.82, 2.24) is 9.91 Å². The van der Waals surface area contributed by atoms with E-state index in [2.05, 4.69) is 5.10 Å². The summed E-state index contributed by atoms with van der Waals surface area (Å²) in [6, 6.07) is 18.0. The number of carbonyl (C=O) groups is 2. The van der Waals surface area contributed by atoms with Gasteiger partial charge >= 0.3 is 0 Å². The van der Waals surface area contributed by atoms with Gasteiger partial charge in [0, 0.05) is 32.4 Å². The van der Waals surface area contributed by atoms with E-state index in [0.29, 0.717) is 19.6 Å². The fraction of sp³-hybridized carbons (Fsp3) is 0.348. The number of aryl methyl sites for hydroxylation is 1. The fourth-order valence-electron chi connectivity index (χ4n) is 3.34. The predicted molar refractivity (Wildman–Crippen MR) is 111 cm³/mol. The molecular weight excluding hydrogens is 350 g/mol. The number of rotatable bonds is 7. The van der Waals surface area contributed by atoms with E-state index in [1.165, 1.54) is 10.6 Å². The normalized spacial score (nSPS) is 13.4. The second-order valence-electron chi connectivity index (χ2n) is 7.01. The summed E-state index contributed by atoms with van der Waals surface area (Å²) >= 11 is 0. The van der Waals surface area contributed by atoms with Gasteiger partial charge in [-0.2, -0.15) is 5.10 Å². The quantitative estimate of drug-likeness (QED) is 0.738. The molecule has 0 saturated heterocycles. The minimum atomic E-state index is -0.0915. The van der Waals surface area contributed by atoms with Crippen molar-refractivity contribution in [3.05, 3.63) is 71.3 Å². The lowest BCUT2D eigenvalue weighted by Gasteiger charge is -2.22. The molecule has 0 radical (unpaired) electrons. The highest BCUT2D eigenvalue weighted by atomic mass is 16.2. The molecule has 2 aromatic rings. The molecule has 0 N–H and O–H groups in total. The molecule has 146 valence electrons. The molecular formula is C23H27N3O2. The average molecular weight is 377 g/mol. The summed E-state index contributed by atoms with van der Waals surface area (Å²) in [6.45, 7) is 5.80. The van der Waals surface area contributed by atoms with Gasteiger partial charge in [0.2, 0.25) is 11.8 Å². The molecule has 1 aliphatic heterocycles. The van der Waals surface area contributed by atoms with Gasteiger partial charge in [0.1, 0.15) is 0 Å². The third-order valence-electron chi connectivity index (χ3n) is 5.11. The van der Waals surface area contributed by atoms with E-state index >= 15 is 0 Å². The molecule has 0 aromatic heterocycles. The summed E-state index contributed by atoms with van der Waals surface area (Å²) in [5.41, 5.74) is 4.28. The second kappa shape index (κ2) is 9.31. The van der Waals surface area contributed by atoms with Crippen LogP contribution in [0.5, 0.6) is 0 Å². The van der Waals surface area contributed by atoms with Gasteiger partial charge in [0.15, 0.2) is 0 Å². The van der Waals surface area contributed by atoms with Crippen molar-refractivity contribution in [3.8, 4) is 0 Å². The number of carbonyl (C=O) groups excluding carboxylic acids is 2. The Bertz CT molecular complexity index is 861. The van der Waals surface area contributed by atoms with Gasteiger partial charge in [-0.1, -0.05) is 54.6 Å². The van der Waals surface area contributed by atoms with Gasteiger partial charge in [-0.25, -0.2) is 5.01 Å². The zero-order chi connectivity index (χ0) is 19.9. The van der Waals surface area contributed by atoms with Crippen LogP contribution in [0.1, 0.15) is 42.9 Å². The lowest BCUT2D eigenvalue weighted by molar-refractivity contribution is -0.137. The Labute approximate surface area is 166 Å². The Morgan fingerprint density at radius 3 is 2.46 bits per heavy atom. The van der Waals surface area contributed by atoms with Gasteiger partial charge in [0.25, 0.3) is 0 Å². The van der Waals surface area contributed by atoms with Crippen molar-refractivity contribution in [3.63, 3.8) is 0 Å². The lowest BCUT2D eigenvalue weighted by atomic mass is 10.1. The first-order valence-corrected chi connectivity index (χ1v) is 9.84. The molecule has 5 nitrogen and oxygen atoms in total. The molecule has 0 fully saturated rings. The van der Waals surface area contributed by atoms with Gasteiger partial charge in [-0.3, -0.25) is 9.59 Å².